The summed E-state index contributed by atoms with van der Waals surface area (Å²) >= 11 is 0. The Hall–Kier alpha value is -1.49. The second-order valence-electron chi connectivity index (χ2n) is 2.79. The highest BCUT2D eigenvalue weighted by Crippen LogP contribution is 2.12. The average Bonchev–Trinajstić information content (AvgIpc) is 2.08. The van der Waals surface area contributed by atoms with Crippen molar-refractivity contribution in [2.75, 3.05) is 16.2 Å². The van der Waals surface area contributed by atoms with Gasteiger partial charge in [0, 0.05) is 11.4 Å². The van der Waals surface area contributed by atoms with Gasteiger partial charge in [0.1, 0.15) is 0 Å². The third-order valence-electron chi connectivity index (χ3n) is 1.52. The van der Waals surface area contributed by atoms with Crippen molar-refractivity contribution in [2.45, 2.75) is 0 Å². The van der Waals surface area contributed by atoms with Gasteiger partial charge in [-0.1, -0.05) is 6.08 Å². The molecule has 0 amide bonds. The molecule has 5 heteroatoms. The quantitative estimate of drug-likeness (QED) is 0.581. The molecule has 14 heavy (non-hydrogen) atoms. The number of hydrogen-bond donors (Lipinski definition) is 2. The molecule has 0 fully saturated rings. The zero-order chi connectivity index (χ0) is 10.6. The van der Waals surface area contributed by atoms with E-state index in [0.717, 1.165) is 0 Å². The summed E-state index contributed by atoms with van der Waals surface area (Å²) in [6.45, 7) is 3.36. The summed E-state index contributed by atoms with van der Waals surface area (Å²) in [5, 5.41) is 0. The summed E-state index contributed by atoms with van der Waals surface area (Å²) in [7, 11) is -3.31. The SMILES string of the molecule is C=CCS(=O)(=O)Nc1ccc(N)cc1. The van der Waals surface area contributed by atoms with Crippen LogP contribution in [0, 0.1) is 0 Å². The molecule has 1 aromatic rings. The number of rotatable bonds is 4. The highest BCUT2D eigenvalue weighted by atomic mass is 32.2. The molecule has 4 nitrogen and oxygen atoms in total. The molecule has 0 saturated carbocycles. The van der Waals surface area contributed by atoms with Crippen molar-refractivity contribution in [3.8, 4) is 0 Å². The second kappa shape index (κ2) is 4.15. The maximum absolute atomic E-state index is 11.3. The first kappa shape index (κ1) is 10.6. The molecule has 0 aromatic heterocycles. The van der Waals surface area contributed by atoms with Crippen LogP contribution in [0.25, 0.3) is 0 Å². The predicted octanol–water partition coefficient (Wildman–Crippen LogP) is 1.20. The van der Waals surface area contributed by atoms with Gasteiger partial charge in [0.25, 0.3) is 0 Å². The molecule has 3 N–H and O–H groups in total. The van der Waals surface area contributed by atoms with Gasteiger partial charge in [0.15, 0.2) is 0 Å². The third kappa shape index (κ3) is 3.10. The van der Waals surface area contributed by atoms with Gasteiger partial charge in [-0.2, -0.15) is 0 Å². The molecule has 0 bridgehead atoms. The first-order valence-electron chi connectivity index (χ1n) is 4.00. The molecule has 0 aliphatic carbocycles. The first-order chi connectivity index (χ1) is 6.53. The summed E-state index contributed by atoms with van der Waals surface area (Å²) in [5.41, 5.74) is 6.55. The number of anilines is 2. The summed E-state index contributed by atoms with van der Waals surface area (Å²) < 4.78 is 24.9. The van der Waals surface area contributed by atoms with Crippen LogP contribution in [0.1, 0.15) is 0 Å². The van der Waals surface area contributed by atoms with Crippen LogP contribution < -0.4 is 10.5 Å². The summed E-state index contributed by atoms with van der Waals surface area (Å²) in [5.74, 6) is -0.0998. The minimum absolute atomic E-state index is 0.0998. The van der Waals surface area contributed by atoms with E-state index in [1.165, 1.54) is 6.08 Å². The van der Waals surface area contributed by atoms with E-state index in [1.54, 1.807) is 24.3 Å². The van der Waals surface area contributed by atoms with Crippen LogP contribution in [0.3, 0.4) is 0 Å². The fraction of sp³-hybridized carbons (Fsp3) is 0.111. The van der Waals surface area contributed by atoms with E-state index in [2.05, 4.69) is 11.3 Å². The van der Waals surface area contributed by atoms with Crippen molar-refractivity contribution in [3.63, 3.8) is 0 Å². The molecule has 0 unspecified atom stereocenters. The average molecular weight is 212 g/mol. The Morgan fingerprint density at radius 1 is 1.36 bits per heavy atom. The number of nitrogens with one attached hydrogen (secondary N) is 1. The maximum Gasteiger partial charge on any atom is 0.236 e. The van der Waals surface area contributed by atoms with Gasteiger partial charge in [0.05, 0.1) is 5.75 Å². The van der Waals surface area contributed by atoms with E-state index >= 15 is 0 Å². The van der Waals surface area contributed by atoms with Crippen molar-refractivity contribution < 1.29 is 8.42 Å². The zero-order valence-corrected chi connectivity index (χ0v) is 8.42. The Bertz CT molecular complexity index is 409. The van der Waals surface area contributed by atoms with E-state index < -0.39 is 10.0 Å². The number of nitrogens with two attached hydrogens (primary N) is 1. The zero-order valence-electron chi connectivity index (χ0n) is 7.60. The fourth-order valence-electron chi connectivity index (χ4n) is 0.928. The topological polar surface area (TPSA) is 72.2 Å². The van der Waals surface area contributed by atoms with Crippen LogP contribution >= 0.6 is 0 Å². The number of sulfonamides is 1. The molecule has 0 radical (unpaired) electrons. The van der Waals surface area contributed by atoms with Gasteiger partial charge < -0.3 is 5.73 Å². The Labute approximate surface area is 83.5 Å². The van der Waals surface area contributed by atoms with E-state index in [1.807, 2.05) is 0 Å². The smallest absolute Gasteiger partial charge is 0.236 e. The molecule has 0 atom stereocenters. The Morgan fingerprint density at radius 3 is 2.43 bits per heavy atom. The van der Waals surface area contributed by atoms with Gasteiger partial charge in [0.2, 0.25) is 10.0 Å². The van der Waals surface area contributed by atoms with E-state index in [9.17, 15) is 8.42 Å². The van der Waals surface area contributed by atoms with E-state index in [0.29, 0.717) is 11.4 Å². The lowest BCUT2D eigenvalue weighted by atomic mass is 10.3. The number of nitrogen functional groups attached to an aromatic ring is 1. The first-order valence-corrected chi connectivity index (χ1v) is 5.65. The highest BCUT2D eigenvalue weighted by Gasteiger charge is 2.06. The fourth-order valence-corrected chi connectivity index (χ4v) is 1.82. The Morgan fingerprint density at radius 2 is 1.93 bits per heavy atom. The summed E-state index contributed by atoms with van der Waals surface area (Å²) in [6, 6.07) is 6.48. The van der Waals surface area contributed by atoms with Crippen LogP contribution in [0.5, 0.6) is 0 Å². The molecule has 0 aliphatic rings. The van der Waals surface area contributed by atoms with Gasteiger partial charge in [-0.25, -0.2) is 8.42 Å². The summed E-state index contributed by atoms with van der Waals surface area (Å²) in [4.78, 5) is 0. The third-order valence-corrected chi connectivity index (χ3v) is 2.74. The van der Waals surface area contributed by atoms with Crippen LogP contribution in [0.2, 0.25) is 0 Å². The second-order valence-corrected chi connectivity index (χ2v) is 4.56. The minimum Gasteiger partial charge on any atom is -0.399 e. The van der Waals surface area contributed by atoms with Crippen LogP contribution in [0.15, 0.2) is 36.9 Å². The maximum atomic E-state index is 11.3. The monoisotopic (exact) mass is 212 g/mol. The van der Waals surface area contributed by atoms with Crippen molar-refractivity contribution in [1.29, 1.82) is 0 Å². The lowest BCUT2D eigenvalue weighted by Gasteiger charge is -2.05. The number of hydrogen-bond acceptors (Lipinski definition) is 3. The molecule has 1 rings (SSSR count). The van der Waals surface area contributed by atoms with Crippen LogP contribution in [0.4, 0.5) is 11.4 Å². The normalized spacial score (nSPS) is 10.9. The molecule has 0 saturated heterocycles. The van der Waals surface area contributed by atoms with Crippen molar-refractivity contribution in [2.24, 2.45) is 0 Å². The van der Waals surface area contributed by atoms with Crippen LogP contribution in [-0.2, 0) is 10.0 Å². The standard InChI is InChI=1S/C9H12N2O2S/c1-2-7-14(12,13)11-9-5-3-8(10)4-6-9/h2-6,11H,1,7,10H2. The van der Waals surface area contributed by atoms with E-state index in [-0.39, 0.29) is 5.75 Å². The minimum atomic E-state index is -3.31. The van der Waals surface area contributed by atoms with Gasteiger partial charge in [-0.05, 0) is 24.3 Å². The summed E-state index contributed by atoms with van der Waals surface area (Å²) in [6.07, 6.45) is 1.33. The molecule has 1 aromatic carbocycles. The molecule has 0 spiro atoms. The van der Waals surface area contributed by atoms with Gasteiger partial charge >= 0.3 is 0 Å². The molecular weight excluding hydrogens is 200 g/mol. The van der Waals surface area contributed by atoms with E-state index in [4.69, 9.17) is 5.73 Å². The van der Waals surface area contributed by atoms with Gasteiger partial charge in [-0.15, -0.1) is 6.58 Å². The molecule has 76 valence electrons. The number of benzene rings is 1. The largest absolute Gasteiger partial charge is 0.399 e. The Balaban J connectivity index is 2.79. The lowest BCUT2D eigenvalue weighted by molar-refractivity contribution is 0.604. The molecule has 0 heterocycles. The molecule has 0 aliphatic heterocycles. The highest BCUT2D eigenvalue weighted by molar-refractivity contribution is 7.92. The predicted molar refractivity (Wildman–Crippen MR) is 58.5 cm³/mol. The van der Waals surface area contributed by atoms with Crippen LogP contribution in [-0.4, -0.2) is 14.2 Å². The molecular formula is C9H12N2O2S. The van der Waals surface area contributed by atoms with Crippen molar-refractivity contribution >= 4 is 21.4 Å². The van der Waals surface area contributed by atoms with Gasteiger partial charge in [-0.3, -0.25) is 4.72 Å². The lowest BCUT2D eigenvalue weighted by Crippen LogP contribution is -2.15. The van der Waals surface area contributed by atoms with Crippen molar-refractivity contribution in [3.05, 3.63) is 36.9 Å². The Kier molecular flexibility index (Phi) is 3.14. The van der Waals surface area contributed by atoms with Crippen molar-refractivity contribution in [1.82, 2.24) is 0 Å².